The zero-order valence-electron chi connectivity index (χ0n) is 16.6. The predicted molar refractivity (Wildman–Crippen MR) is 112 cm³/mol. The largest absolute Gasteiger partial charge is 0.486 e. The monoisotopic (exact) mass is 417 g/mol. The van der Waals surface area contributed by atoms with E-state index in [-0.39, 0.29) is 17.9 Å². The Morgan fingerprint density at radius 2 is 1.90 bits per heavy atom. The third-order valence-corrected chi connectivity index (χ3v) is 5.68. The summed E-state index contributed by atoms with van der Waals surface area (Å²) in [5.74, 6) is -0.281. The number of hydrogen-bond donors (Lipinski definition) is 0. The van der Waals surface area contributed by atoms with Gasteiger partial charge in [0.1, 0.15) is 23.7 Å². The van der Waals surface area contributed by atoms with Crippen molar-refractivity contribution < 1.29 is 18.7 Å². The topological polar surface area (TPSA) is 62.7 Å². The van der Waals surface area contributed by atoms with Gasteiger partial charge in [0.25, 0.3) is 5.91 Å². The second kappa shape index (κ2) is 7.83. The summed E-state index contributed by atoms with van der Waals surface area (Å²) in [6.45, 7) is 0.606. The van der Waals surface area contributed by atoms with Crippen LogP contribution in [0.3, 0.4) is 0 Å². The number of hydrogen-bond acceptors (Lipinski definition) is 4. The number of carbonyl (C=O) groups is 2. The Labute approximate surface area is 178 Å². The van der Waals surface area contributed by atoms with E-state index in [0.717, 1.165) is 5.56 Å². The highest BCUT2D eigenvalue weighted by atomic mass is 19.1. The van der Waals surface area contributed by atoms with Gasteiger partial charge < -0.3 is 14.5 Å². The maximum atomic E-state index is 13.7. The van der Waals surface area contributed by atoms with E-state index in [0.29, 0.717) is 36.5 Å². The number of para-hydroxylation sites is 2. The fourth-order valence-corrected chi connectivity index (χ4v) is 4.19. The van der Waals surface area contributed by atoms with Gasteiger partial charge in [-0.3, -0.25) is 14.6 Å². The molecule has 1 aromatic heterocycles. The van der Waals surface area contributed by atoms with Crippen LogP contribution in [0.2, 0.25) is 0 Å². The molecule has 0 radical (unpaired) electrons. The van der Waals surface area contributed by atoms with Crippen molar-refractivity contribution >= 4 is 17.5 Å². The van der Waals surface area contributed by atoms with Gasteiger partial charge in [-0.1, -0.05) is 18.2 Å². The van der Waals surface area contributed by atoms with Crippen molar-refractivity contribution in [3.05, 3.63) is 90.0 Å². The number of likely N-dealkylation sites (tertiary alicyclic amines) is 1. The zero-order valence-corrected chi connectivity index (χ0v) is 16.6. The van der Waals surface area contributed by atoms with Crippen LogP contribution < -0.4 is 9.64 Å². The molecule has 3 aromatic rings. The number of halogens is 1. The Morgan fingerprint density at radius 3 is 2.68 bits per heavy atom. The molecule has 2 aliphatic rings. The van der Waals surface area contributed by atoms with Gasteiger partial charge in [0.2, 0.25) is 5.91 Å². The van der Waals surface area contributed by atoms with Crippen molar-refractivity contribution in [2.75, 3.05) is 11.4 Å². The number of rotatable bonds is 3. The van der Waals surface area contributed by atoms with Crippen molar-refractivity contribution in [3.8, 4) is 5.75 Å². The average Bonchev–Trinajstić information content (AvgIpc) is 3.22. The molecule has 2 aromatic carbocycles. The van der Waals surface area contributed by atoms with Crippen molar-refractivity contribution in [1.82, 2.24) is 9.88 Å². The summed E-state index contributed by atoms with van der Waals surface area (Å²) in [5.41, 5.74) is 1.88. The summed E-state index contributed by atoms with van der Waals surface area (Å²) in [7, 11) is 0. The quantitative estimate of drug-likeness (QED) is 0.655. The molecule has 2 aliphatic heterocycles. The van der Waals surface area contributed by atoms with Gasteiger partial charge >= 0.3 is 0 Å². The van der Waals surface area contributed by atoms with Crippen LogP contribution in [-0.2, 0) is 11.3 Å². The molecular formula is C24H20FN3O3. The first-order valence-electron chi connectivity index (χ1n) is 10.1. The summed E-state index contributed by atoms with van der Waals surface area (Å²) < 4.78 is 19.5. The maximum Gasteiger partial charge on any atom is 0.254 e. The van der Waals surface area contributed by atoms with E-state index in [1.54, 1.807) is 22.2 Å². The number of nitrogens with zero attached hydrogens (tertiary/aromatic N) is 3. The molecule has 1 saturated heterocycles. The first-order chi connectivity index (χ1) is 15.1. The minimum absolute atomic E-state index is 0.169. The Bertz CT molecular complexity index is 1120. The Kier molecular flexibility index (Phi) is 4.86. The van der Waals surface area contributed by atoms with Gasteiger partial charge in [0, 0.05) is 24.4 Å². The molecule has 6 nitrogen and oxygen atoms in total. The van der Waals surface area contributed by atoms with E-state index in [1.807, 2.05) is 36.4 Å². The molecule has 2 bridgehead atoms. The number of amides is 2. The second-order valence-corrected chi connectivity index (χ2v) is 7.71. The molecule has 0 spiro atoms. The fourth-order valence-electron chi connectivity index (χ4n) is 4.19. The summed E-state index contributed by atoms with van der Waals surface area (Å²) in [5, 5.41) is 0. The molecule has 5 rings (SSSR count). The van der Waals surface area contributed by atoms with Gasteiger partial charge in [-0.15, -0.1) is 0 Å². The number of carbonyl (C=O) groups excluding carboxylic acids is 2. The average molecular weight is 417 g/mol. The van der Waals surface area contributed by atoms with Gasteiger partial charge in [0.05, 0.1) is 18.8 Å². The Hall–Kier alpha value is -3.74. The van der Waals surface area contributed by atoms with Crippen LogP contribution in [0.4, 0.5) is 10.1 Å². The summed E-state index contributed by atoms with van der Waals surface area (Å²) >= 11 is 0. The molecule has 7 heteroatoms. The van der Waals surface area contributed by atoms with Crippen molar-refractivity contribution in [3.63, 3.8) is 0 Å². The third kappa shape index (κ3) is 3.63. The Morgan fingerprint density at radius 1 is 1.10 bits per heavy atom. The molecule has 31 heavy (non-hydrogen) atoms. The first-order valence-corrected chi connectivity index (χ1v) is 10.1. The van der Waals surface area contributed by atoms with Crippen LogP contribution in [0, 0.1) is 5.82 Å². The lowest BCUT2D eigenvalue weighted by atomic mass is 10.1. The number of aromatic nitrogens is 1. The lowest BCUT2D eigenvalue weighted by Gasteiger charge is -2.31. The molecule has 2 atom stereocenters. The maximum absolute atomic E-state index is 13.7. The SMILES string of the molecule is O=C1[C@@H]2C[C@@H](CN2C(=O)c2ccc(F)cc2)Oc2ccccc2N1Cc1cccnc1. The molecule has 2 amide bonds. The molecule has 0 N–H and O–H groups in total. The van der Waals surface area contributed by atoms with Crippen LogP contribution in [-0.4, -0.2) is 40.4 Å². The van der Waals surface area contributed by atoms with Crippen LogP contribution in [0.1, 0.15) is 22.3 Å². The van der Waals surface area contributed by atoms with Crippen LogP contribution >= 0.6 is 0 Å². The first kappa shape index (κ1) is 19.2. The molecule has 3 heterocycles. The summed E-state index contributed by atoms with van der Waals surface area (Å²) in [6.07, 6.45) is 3.51. The van der Waals surface area contributed by atoms with Crippen LogP contribution in [0.5, 0.6) is 5.75 Å². The van der Waals surface area contributed by atoms with Gasteiger partial charge in [-0.05, 0) is 48.0 Å². The molecule has 0 aliphatic carbocycles. The van der Waals surface area contributed by atoms with E-state index in [2.05, 4.69) is 4.98 Å². The van der Waals surface area contributed by atoms with Gasteiger partial charge in [0.15, 0.2) is 0 Å². The third-order valence-electron chi connectivity index (χ3n) is 5.68. The predicted octanol–water partition coefficient (Wildman–Crippen LogP) is 3.43. The summed E-state index contributed by atoms with van der Waals surface area (Å²) in [6, 6.07) is 15.8. The van der Waals surface area contributed by atoms with Crippen molar-refractivity contribution in [1.29, 1.82) is 0 Å². The smallest absolute Gasteiger partial charge is 0.254 e. The highest BCUT2D eigenvalue weighted by Crippen LogP contribution is 2.37. The zero-order chi connectivity index (χ0) is 21.4. The van der Waals surface area contributed by atoms with Gasteiger partial charge in [-0.2, -0.15) is 0 Å². The fraction of sp³-hybridized carbons (Fsp3) is 0.208. The van der Waals surface area contributed by atoms with Crippen molar-refractivity contribution in [2.45, 2.75) is 25.1 Å². The molecule has 156 valence electrons. The minimum atomic E-state index is -0.660. The highest BCUT2D eigenvalue weighted by Gasteiger charge is 2.45. The van der Waals surface area contributed by atoms with E-state index < -0.39 is 11.9 Å². The van der Waals surface area contributed by atoms with E-state index >= 15 is 0 Å². The number of ether oxygens (including phenoxy) is 1. The lowest BCUT2D eigenvalue weighted by molar-refractivity contribution is -0.122. The van der Waals surface area contributed by atoms with Crippen LogP contribution in [0.25, 0.3) is 0 Å². The highest BCUT2D eigenvalue weighted by molar-refractivity contribution is 6.03. The lowest BCUT2D eigenvalue weighted by Crippen LogP contribution is -2.47. The van der Waals surface area contributed by atoms with E-state index in [1.165, 1.54) is 24.3 Å². The number of fused-ring (bicyclic) bond motifs is 3. The molecular weight excluding hydrogens is 397 g/mol. The van der Waals surface area contributed by atoms with Gasteiger partial charge in [-0.25, -0.2) is 4.39 Å². The minimum Gasteiger partial charge on any atom is -0.486 e. The summed E-state index contributed by atoms with van der Waals surface area (Å²) in [4.78, 5) is 34.2. The van der Waals surface area contributed by atoms with E-state index in [4.69, 9.17) is 4.74 Å². The van der Waals surface area contributed by atoms with E-state index in [9.17, 15) is 14.0 Å². The second-order valence-electron chi connectivity index (χ2n) is 7.71. The molecule has 0 saturated carbocycles. The molecule has 1 fully saturated rings. The standard InChI is InChI=1S/C24H20FN3O3/c25-18-9-7-17(8-10-18)23(29)28-15-19-12-21(28)24(30)27(14-16-4-3-11-26-13-16)20-5-1-2-6-22(20)31-19/h1-11,13,19,21H,12,14-15H2/t19-,21-/m0/s1. The van der Waals surface area contributed by atoms with Crippen LogP contribution in [0.15, 0.2) is 73.1 Å². The van der Waals surface area contributed by atoms with Crippen molar-refractivity contribution in [2.24, 2.45) is 0 Å². The number of benzene rings is 2. The number of pyridine rings is 1. The normalized spacial score (nSPS) is 20.0. The number of anilines is 1. The molecule has 0 unspecified atom stereocenters. The Balaban J connectivity index is 1.52.